The summed E-state index contributed by atoms with van der Waals surface area (Å²) in [5, 5.41) is 23.5. The van der Waals surface area contributed by atoms with Crippen LogP contribution in [-0.4, -0.2) is 52.0 Å². The Hall–Kier alpha value is -2.90. The highest BCUT2D eigenvalue weighted by Gasteiger charge is 2.24. The monoisotopic (exact) mass is 443 g/mol. The van der Waals surface area contributed by atoms with Crippen LogP contribution in [-0.2, 0) is 27.5 Å². The van der Waals surface area contributed by atoms with Gasteiger partial charge in [0.2, 0.25) is 20.9 Å². The topological polar surface area (TPSA) is 165 Å². The number of nitrogens with one attached hydrogen (secondary N) is 3. The number of hydrogen-bond acceptors (Lipinski definition) is 7. The summed E-state index contributed by atoms with van der Waals surface area (Å²) in [6.45, 7) is 1.84. The van der Waals surface area contributed by atoms with Gasteiger partial charge < -0.3 is 20.2 Å². The number of amidine groups is 2. The van der Waals surface area contributed by atoms with Crippen molar-refractivity contribution < 1.29 is 26.4 Å². The SMILES string of the molecule is Cc1ccc(CNC(=N)/C(=N\[SH](=O)=O)Nc2cccc(S(=O)(=O)N(C)C)c2O)o1. The van der Waals surface area contributed by atoms with Crippen molar-refractivity contribution >= 4 is 38.3 Å². The van der Waals surface area contributed by atoms with Gasteiger partial charge >= 0.3 is 0 Å². The number of phenolic OH excluding ortho intramolecular Hbond substituents is 1. The molecule has 0 unspecified atom stereocenters. The van der Waals surface area contributed by atoms with E-state index in [1.807, 2.05) is 0 Å². The number of nitrogens with zero attached hydrogens (tertiary/aromatic N) is 2. The third-order valence-corrected chi connectivity index (χ3v) is 5.87. The minimum Gasteiger partial charge on any atom is -0.504 e. The van der Waals surface area contributed by atoms with E-state index in [9.17, 15) is 21.9 Å². The predicted octanol–water partition coefficient (Wildman–Crippen LogP) is 0.648. The maximum absolute atomic E-state index is 12.3. The van der Waals surface area contributed by atoms with Crippen LogP contribution < -0.4 is 10.6 Å². The molecule has 1 aromatic heterocycles. The number of para-hydroxylation sites is 1. The van der Waals surface area contributed by atoms with Gasteiger partial charge in [0.25, 0.3) is 0 Å². The number of furan rings is 1. The average molecular weight is 444 g/mol. The minimum atomic E-state index is -3.95. The summed E-state index contributed by atoms with van der Waals surface area (Å²) in [6.07, 6.45) is 0. The van der Waals surface area contributed by atoms with Crippen LogP contribution in [0.4, 0.5) is 5.69 Å². The van der Waals surface area contributed by atoms with E-state index in [1.165, 1.54) is 32.3 Å². The molecule has 11 nitrogen and oxygen atoms in total. The fourth-order valence-corrected chi connectivity index (χ4v) is 3.53. The molecule has 13 heteroatoms. The van der Waals surface area contributed by atoms with Crippen molar-refractivity contribution in [2.24, 2.45) is 4.40 Å². The lowest BCUT2D eigenvalue weighted by atomic mass is 10.3. The van der Waals surface area contributed by atoms with Crippen LogP contribution in [0, 0.1) is 12.3 Å². The molecule has 0 radical (unpaired) electrons. The molecule has 0 atom stereocenters. The van der Waals surface area contributed by atoms with Gasteiger partial charge in [-0.25, -0.2) is 21.1 Å². The minimum absolute atomic E-state index is 0.0873. The second-order valence-corrected chi connectivity index (χ2v) is 8.79. The first-order valence-corrected chi connectivity index (χ1v) is 10.7. The van der Waals surface area contributed by atoms with Gasteiger partial charge in [-0.15, -0.1) is 4.40 Å². The molecular weight excluding hydrogens is 422 g/mol. The van der Waals surface area contributed by atoms with Gasteiger partial charge in [-0.2, -0.15) is 0 Å². The van der Waals surface area contributed by atoms with E-state index in [-0.39, 0.29) is 17.1 Å². The zero-order chi connectivity index (χ0) is 21.8. The standard InChI is InChI=1S/C16H21N5O6S2/c1-10-7-8-11(27-10)9-18-15(17)16(20-28(23)24)19-12-5-4-6-13(14(12)22)29(25,26)21(2)3/h4-8,22,28H,9H2,1-3H3,(H2,17,18)(H,19,20,23,24). The first-order valence-electron chi connectivity index (χ1n) is 8.15. The van der Waals surface area contributed by atoms with Gasteiger partial charge in [0.05, 0.1) is 12.2 Å². The number of aromatic hydroxyl groups is 1. The summed E-state index contributed by atoms with van der Waals surface area (Å²) in [5.41, 5.74) is -0.135. The Bertz CT molecular complexity index is 1110. The molecule has 4 N–H and O–H groups in total. The number of thiol groups is 1. The summed E-state index contributed by atoms with van der Waals surface area (Å²) in [4.78, 5) is -0.385. The molecule has 0 saturated carbocycles. The molecule has 0 aliphatic rings. The van der Waals surface area contributed by atoms with Crippen molar-refractivity contribution in [3.05, 3.63) is 41.9 Å². The molecule has 0 spiro atoms. The van der Waals surface area contributed by atoms with Crippen molar-refractivity contribution in [2.75, 3.05) is 19.4 Å². The largest absolute Gasteiger partial charge is 0.504 e. The van der Waals surface area contributed by atoms with Crippen molar-refractivity contribution in [1.82, 2.24) is 9.62 Å². The molecule has 0 aliphatic carbocycles. The van der Waals surface area contributed by atoms with Crippen molar-refractivity contribution in [1.29, 1.82) is 5.41 Å². The van der Waals surface area contributed by atoms with Crippen molar-refractivity contribution in [2.45, 2.75) is 18.4 Å². The van der Waals surface area contributed by atoms with Gasteiger partial charge in [0, 0.05) is 14.1 Å². The van der Waals surface area contributed by atoms with Gasteiger partial charge in [0.1, 0.15) is 16.4 Å². The highest BCUT2D eigenvalue weighted by atomic mass is 32.2. The quantitative estimate of drug-likeness (QED) is 0.188. The van der Waals surface area contributed by atoms with Gasteiger partial charge in [-0.05, 0) is 31.2 Å². The molecule has 0 bridgehead atoms. The van der Waals surface area contributed by atoms with Crippen LogP contribution in [0.5, 0.6) is 5.75 Å². The van der Waals surface area contributed by atoms with Crippen molar-refractivity contribution in [3.63, 3.8) is 0 Å². The van der Waals surface area contributed by atoms with E-state index >= 15 is 0 Å². The normalized spacial score (nSPS) is 12.4. The molecule has 0 aliphatic heterocycles. The van der Waals surface area contributed by atoms with Crippen LogP contribution in [0.25, 0.3) is 0 Å². The van der Waals surface area contributed by atoms with Gasteiger partial charge in [-0.3, -0.25) is 5.41 Å². The third kappa shape index (κ3) is 5.56. The van der Waals surface area contributed by atoms with Crippen LogP contribution in [0.1, 0.15) is 11.5 Å². The number of hydrogen-bond donors (Lipinski definition) is 5. The molecule has 0 fully saturated rings. The Balaban J connectivity index is 2.30. The Morgan fingerprint density at radius 1 is 1.28 bits per heavy atom. The molecule has 0 amide bonds. The second-order valence-electron chi connectivity index (χ2n) is 5.99. The summed E-state index contributed by atoms with van der Waals surface area (Å²) in [5.74, 6) is -0.283. The Morgan fingerprint density at radius 2 is 1.97 bits per heavy atom. The lowest BCUT2D eigenvalue weighted by Crippen LogP contribution is -2.34. The summed E-state index contributed by atoms with van der Waals surface area (Å²) < 4.78 is 56.4. The summed E-state index contributed by atoms with van der Waals surface area (Å²) in [6, 6.07) is 7.30. The maximum Gasteiger partial charge on any atom is 0.246 e. The molecule has 29 heavy (non-hydrogen) atoms. The third-order valence-electron chi connectivity index (χ3n) is 3.66. The Labute approximate surface area is 169 Å². The summed E-state index contributed by atoms with van der Waals surface area (Å²) >= 11 is 0. The van der Waals surface area contributed by atoms with Crippen LogP contribution >= 0.6 is 0 Å². The van der Waals surface area contributed by atoms with Crippen LogP contribution in [0.2, 0.25) is 0 Å². The summed E-state index contributed by atoms with van der Waals surface area (Å²) in [7, 11) is -4.61. The smallest absolute Gasteiger partial charge is 0.246 e. The first kappa shape index (κ1) is 22.4. The average Bonchev–Trinajstić information content (AvgIpc) is 3.05. The fourth-order valence-electron chi connectivity index (χ4n) is 2.21. The highest BCUT2D eigenvalue weighted by Crippen LogP contribution is 2.32. The number of benzene rings is 1. The highest BCUT2D eigenvalue weighted by molar-refractivity contribution is 7.89. The molecule has 2 rings (SSSR count). The molecule has 1 aromatic carbocycles. The van der Waals surface area contributed by atoms with Crippen molar-refractivity contribution in [3.8, 4) is 5.75 Å². The van der Waals surface area contributed by atoms with Crippen LogP contribution in [0.15, 0.2) is 44.0 Å². The van der Waals surface area contributed by atoms with E-state index in [0.717, 1.165) is 4.31 Å². The number of anilines is 1. The van der Waals surface area contributed by atoms with Crippen LogP contribution in [0.3, 0.4) is 0 Å². The molecule has 2 aromatic rings. The zero-order valence-corrected chi connectivity index (χ0v) is 17.5. The van der Waals surface area contributed by atoms with Gasteiger partial charge in [-0.1, -0.05) is 6.07 Å². The predicted molar refractivity (Wildman–Crippen MR) is 108 cm³/mol. The van der Waals surface area contributed by atoms with E-state index in [1.54, 1.807) is 19.1 Å². The lowest BCUT2D eigenvalue weighted by molar-refractivity contribution is 0.454. The van der Waals surface area contributed by atoms with E-state index in [0.29, 0.717) is 11.5 Å². The number of aryl methyl sites for hydroxylation is 1. The first-order chi connectivity index (χ1) is 13.5. The molecule has 0 saturated heterocycles. The van der Waals surface area contributed by atoms with E-state index in [4.69, 9.17) is 9.83 Å². The van der Waals surface area contributed by atoms with Gasteiger partial charge in [0.15, 0.2) is 17.4 Å². The maximum atomic E-state index is 12.3. The molecule has 1 heterocycles. The van der Waals surface area contributed by atoms with E-state index in [2.05, 4.69) is 15.0 Å². The number of phenols is 1. The molecular formula is C16H21N5O6S2. The number of rotatable bonds is 6. The lowest BCUT2D eigenvalue weighted by Gasteiger charge is -2.16. The second kappa shape index (κ2) is 9.07. The van der Waals surface area contributed by atoms with E-state index < -0.39 is 38.3 Å². The Morgan fingerprint density at radius 3 is 2.52 bits per heavy atom. The molecule has 158 valence electrons. The zero-order valence-electron chi connectivity index (χ0n) is 15.8. The number of sulfonamides is 1. The fraction of sp³-hybridized carbons (Fsp3) is 0.250. The Kier molecular flexibility index (Phi) is 7.00.